The molecule has 1 fully saturated rings. The third kappa shape index (κ3) is 3.96. The number of hydrogen-bond donors (Lipinski definition) is 1. The van der Waals surface area contributed by atoms with E-state index in [4.69, 9.17) is 0 Å². The van der Waals surface area contributed by atoms with Gasteiger partial charge < -0.3 is 14.9 Å². The summed E-state index contributed by atoms with van der Waals surface area (Å²) in [7, 11) is 1.89. The summed E-state index contributed by atoms with van der Waals surface area (Å²) in [5.41, 5.74) is 2.01. The largest absolute Gasteiger partial charge is 0.385 e. The van der Waals surface area contributed by atoms with Crippen molar-refractivity contribution in [1.29, 1.82) is 0 Å². The van der Waals surface area contributed by atoms with E-state index in [2.05, 4.69) is 9.88 Å². The number of fused-ring (bicyclic) bond motifs is 1. The summed E-state index contributed by atoms with van der Waals surface area (Å²) in [6.45, 7) is 3.58. The number of carbonyl (C=O) groups is 1. The van der Waals surface area contributed by atoms with E-state index in [1.165, 1.54) is 0 Å². The number of amides is 1. The number of likely N-dealkylation sites (tertiary alicyclic amines) is 1. The highest BCUT2D eigenvalue weighted by molar-refractivity contribution is 5.95. The molecule has 2 aliphatic heterocycles. The van der Waals surface area contributed by atoms with Crippen LogP contribution in [0.15, 0.2) is 48.7 Å². The Balaban J connectivity index is 1.34. The smallest absolute Gasteiger partial charge is 0.255 e. The summed E-state index contributed by atoms with van der Waals surface area (Å²) in [5.74, 6) is 0.497. The summed E-state index contributed by atoms with van der Waals surface area (Å²) in [6.07, 6.45) is 5.21. The van der Waals surface area contributed by atoms with Gasteiger partial charge in [-0.2, -0.15) is 0 Å². The minimum Gasteiger partial charge on any atom is -0.385 e. The lowest BCUT2D eigenvalue weighted by Crippen LogP contribution is -2.43. The molecule has 1 amide bonds. The van der Waals surface area contributed by atoms with Crippen LogP contribution in [-0.4, -0.2) is 59.0 Å². The van der Waals surface area contributed by atoms with Crippen LogP contribution in [0.3, 0.4) is 0 Å². The average Bonchev–Trinajstić information content (AvgIpc) is 2.85. The molecule has 2 aliphatic rings. The maximum Gasteiger partial charge on any atom is 0.255 e. The Bertz CT molecular complexity index is 816. The van der Waals surface area contributed by atoms with E-state index < -0.39 is 5.60 Å². The molecule has 0 radical (unpaired) electrons. The van der Waals surface area contributed by atoms with Gasteiger partial charge in [0.25, 0.3) is 5.91 Å². The van der Waals surface area contributed by atoms with Crippen LogP contribution in [0.25, 0.3) is 0 Å². The lowest BCUT2D eigenvalue weighted by molar-refractivity contribution is -0.0268. The second kappa shape index (κ2) is 8.02. The van der Waals surface area contributed by atoms with Crippen molar-refractivity contribution >= 4 is 5.91 Å². The Morgan fingerprint density at radius 2 is 1.89 bits per heavy atom. The number of benzene rings is 1. The second-order valence-corrected chi connectivity index (χ2v) is 8.28. The molecule has 1 aromatic heterocycles. The van der Waals surface area contributed by atoms with Crippen molar-refractivity contribution in [2.75, 3.05) is 33.2 Å². The molecule has 1 atom stereocenters. The van der Waals surface area contributed by atoms with Crippen molar-refractivity contribution in [3.05, 3.63) is 65.5 Å². The van der Waals surface area contributed by atoms with Crippen LogP contribution >= 0.6 is 0 Å². The first-order valence-electron chi connectivity index (χ1n) is 10.2. The van der Waals surface area contributed by atoms with Gasteiger partial charge >= 0.3 is 0 Å². The molecular weight excluding hydrogens is 350 g/mol. The fourth-order valence-electron chi connectivity index (χ4n) is 4.55. The van der Waals surface area contributed by atoms with Gasteiger partial charge in [0.1, 0.15) is 0 Å². The monoisotopic (exact) mass is 379 g/mol. The molecule has 2 aromatic rings. The van der Waals surface area contributed by atoms with Gasteiger partial charge in [-0.3, -0.25) is 9.78 Å². The third-order valence-electron chi connectivity index (χ3n) is 6.33. The van der Waals surface area contributed by atoms with Crippen molar-refractivity contribution in [2.45, 2.75) is 31.3 Å². The van der Waals surface area contributed by atoms with Crippen LogP contribution in [0, 0.1) is 5.92 Å². The zero-order chi connectivity index (χ0) is 19.6. The molecule has 0 aliphatic carbocycles. The predicted molar refractivity (Wildman–Crippen MR) is 109 cm³/mol. The van der Waals surface area contributed by atoms with Crippen LogP contribution < -0.4 is 0 Å². The lowest BCUT2D eigenvalue weighted by Gasteiger charge is -2.39. The van der Waals surface area contributed by atoms with Gasteiger partial charge in [-0.25, -0.2) is 0 Å². The summed E-state index contributed by atoms with van der Waals surface area (Å²) in [4.78, 5) is 21.3. The number of aliphatic hydroxyl groups is 1. The summed E-state index contributed by atoms with van der Waals surface area (Å²) in [6, 6.07) is 13.8. The highest BCUT2D eigenvalue weighted by Gasteiger charge is 2.34. The van der Waals surface area contributed by atoms with E-state index in [9.17, 15) is 9.90 Å². The van der Waals surface area contributed by atoms with E-state index >= 15 is 0 Å². The molecule has 5 nitrogen and oxygen atoms in total. The lowest BCUT2D eigenvalue weighted by atomic mass is 9.84. The van der Waals surface area contributed by atoms with Crippen LogP contribution in [0.4, 0.5) is 0 Å². The minimum atomic E-state index is -0.699. The number of aromatic nitrogens is 1. The van der Waals surface area contributed by atoms with Gasteiger partial charge in [-0.1, -0.05) is 30.3 Å². The van der Waals surface area contributed by atoms with Gasteiger partial charge in [-0.05, 0) is 55.8 Å². The molecular formula is C23H29N3O2. The quantitative estimate of drug-likeness (QED) is 0.887. The van der Waals surface area contributed by atoms with Gasteiger partial charge in [0, 0.05) is 32.9 Å². The van der Waals surface area contributed by atoms with E-state index in [0.717, 1.165) is 68.7 Å². The molecule has 0 bridgehead atoms. The second-order valence-electron chi connectivity index (χ2n) is 8.28. The number of nitrogens with zero attached hydrogens (tertiary/aromatic N) is 3. The van der Waals surface area contributed by atoms with Gasteiger partial charge in [-0.15, -0.1) is 0 Å². The highest BCUT2D eigenvalue weighted by atomic mass is 16.3. The van der Waals surface area contributed by atoms with Crippen molar-refractivity contribution < 1.29 is 9.90 Å². The SMILES string of the molecule is CN1CC(CCN2CCC(O)(c3ccccc3)CC2)Cc2ncccc2C1=O. The van der Waals surface area contributed by atoms with Gasteiger partial charge in [0.05, 0.1) is 16.9 Å². The van der Waals surface area contributed by atoms with Gasteiger partial charge in [0.2, 0.25) is 0 Å². The van der Waals surface area contributed by atoms with Crippen LogP contribution in [-0.2, 0) is 12.0 Å². The van der Waals surface area contributed by atoms with E-state index in [0.29, 0.717) is 5.92 Å². The molecule has 3 heterocycles. The molecule has 5 heteroatoms. The molecule has 4 rings (SSSR count). The fourth-order valence-corrected chi connectivity index (χ4v) is 4.55. The van der Waals surface area contributed by atoms with Gasteiger partial charge in [0.15, 0.2) is 0 Å². The molecule has 28 heavy (non-hydrogen) atoms. The highest BCUT2D eigenvalue weighted by Crippen LogP contribution is 2.33. The van der Waals surface area contributed by atoms with E-state index in [1.807, 2.05) is 54.4 Å². The van der Waals surface area contributed by atoms with Crippen LogP contribution in [0.5, 0.6) is 0 Å². The Kier molecular flexibility index (Phi) is 5.47. The van der Waals surface area contributed by atoms with E-state index in [1.54, 1.807) is 6.20 Å². The molecule has 1 aromatic carbocycles. The van der Waals surface area contributed by atoms with Crippen molar-refractivity contribution in [2.24, 2.45) is 5.92 Å². The predicted octanol–water partition coefficient (Wildman–Crippen LogP) is 2.70. The topological polar surface area (TPSA) is 56.7 Å². The third-order valence-corrected chi connectivity index (χ3v) is 6.33. The standard InChI is InChI=1S/C23H29N3O2/c1-25-17-18(16-21-20(22(25)27)8-5-12-24-21)9-13-26-14-10-23(28,11-15-26)19-6-3-2-4-7-19/h2-8,12,18,28H,9-11,13-17H2,1H3. The maximum atomic E-state index is 12.5. The summed E-state index contributed by atoms with van der Waals surface area (Å²) >= 11 is 0. The first-order chi connectivity index (χ1) is 13.5. The Hall–Kier alpha value is -2.24. The molecule has 1 N–H and O–H groups in total. The van der Waals surface area contributed by atoms with Crippen molar-refractivity contribution in [3.8, 4) is 0 Å². The number of hydrogen-bond acceptors (Lipinski definition) is 4. The van der Waals surface area contributed by atoms with E-state index in [-0.39, 0.29) is 5.91 Å². The van der Waals surface area contributed by atoms with Crippen LogP contribution in [0.1, 0.15) is 40.9 Å². The van der Waals surface area contributed by atoms with Crippen molar-refractivity contribution in [1.82, 2.24) is 14.8 Å². The van der Waals surface area contributed by atoms with Crippen LogP contribution in [0.2, 0.25) is 0 Å². The van der Waals surface area contributed by atoms with Crippen molar-refractivity contribution in [3.63, 3.8) is 0 Å². The Morgan fingerprint density at radius 1 is 1.14 bits per heavy atom. The number of carbonyl (C=O) groups excluding carboxylic acids is 1. The zero-order valence-electron chi connectivity index (χ0n) is 16.6. The zero-order valence-corrected chi connectivity index (χ0v) is 16.6. The first kappa shape index (κ1) is 19.1. The normalized spacial score (nSPS) is 22.6. The molecule has 1 saturated heterocycles. The fraction of sp³-hybridized carbons (Fsp3) is 0.478. The Labute approximate surface area is 167 Å². The first-order valence-corrected chi connectivity index (χ1v) is 10.2. The minimum absolute atomic E-state index is 0.0801. The number of rotatable bonds is 4. The summed E-state index contributed by atoms with van der Waals surface area (Å²) in [5, 5.41) is 11.0. The molecule has 0 saturated carbocycles. The number of piperidine rings is 1. The number of pyridine rings is 1. The average molecular weight is 380 g/mol. The molecule has 1 unspecified atom stereocenters. The molecule has 148 valence electrons. The Morgan fingerprint density at radius 3 is 2.64 bits per heavy atom. The summed E-state index contributed by atoms with van der Waals surface area (Å²) < 4.78 is 0. The molecule has 0 spiro atoms. The maximum absolute atomic E-state index is 12.5.